The number of hydrogen-bond acceptors (Lipinski definition) is 3. The summed E-state index contributed by atoms with van der Waals surface area (Å²) >= 11 is 0. The summed E-state index contributed by atoms with van der Waals surface area (Å²) in [6.45, 7) is 2.09. The summed E-state index contributed by atoms with van der Waals surface area (Å²) in [6, 6.07) is 3.78. The third-order valence-electron chi connectivity index (χ3n) is 2.34. The second-order valence-electron chi connectivity index (χ2n) is 3.93. The maximum absolute atomic E-state index is 13.2. The largest absolute Gasteiger partial charge is 0.355 e. The number of nitrogens with one attached hydrogen (secondary N) is 2. The third-order valence-corrected chi connectivity index (χ3v) is 2.34. The second kappa shape index (κ2) is 7.92. The molecule has 0 atom stereocenters. The zero-order valence-electron chi connectivity index (χ0n) is 11.1. The molecule has 5 nitrogen and oxygen atoms in total. The molecule has 2 amide bonds. The van der Waals surface area contributed by atoms with Gasteiger partial charge in [0.15, 0.2) is 0 Å². The van der Waals surface area contributed by atoms with Crippen LogP contribution >= 0.6 is 0 Å². The molecule has 0 aliphatic carbocycles. The Balaban J connectivity index is 2.75. The minimum atomic E-state index is -0.518. The maximum Gasteiger partial charge on any atom is 0.252 e. The van der Waals surface area contributed by atoms with E-state index in [-0.39, 0.29) is 24.6 Å². The normalized spacial score (nSPS) is 9.35. The molecular weight excluding hydrogens is 261 g/mol. The van der Waals surface area contributed by atoms with E-state index in [2.05, 4.69) is 22.5 Å². The van der Waals surface area contributed by atoms with Crippen molar-refractivity contribution in [3.8, 4) is 11.8 Å². The van der Waals surface area contributed by atoms with Gasteiger partial charge in [0.05, 0.1) is 12.1 Å². The molecule has 0 aliphatic heterocycles. The molecule has 0 saturated heterocycles. The highest BCUT2D eigenvalue weighted by atomic mass is 19.1. The van der Waals surface area contributed by atoms with Crippen LogP contribution in [0.3, 0.4) is 0 Å². The zero-order valence-corrected chi connectivity index (χ0v) is 11.1. The van der Waals surface area contributed by atoms with E-state index in [9.17, 15) is 14.0 Å². The molecule has 0 spiro atoms. The first kappa shape index (κ1) is 15.7. The number of halogens is 1. The van der Waals surface area contributed by atoms with Gasteiger partial charge in [-0.15, -0.1) is 0 Å². The van der Waals surface area contributed by atoms with Crippen LogP contribution in [-0.2, 0) is 4.79 Å². The van der Waals surface area contributed by atoms with Crippen LogP contribution in [-0.4, -0.2) is 31.4 Å². The van der Waals surface area contributed by atoms with Crippen molar-refractivity contribution in [1.82, 2.24) is 10.6 Å². The lowest BCUT2D eigenvalue weighted by Crippen LogP contribution is -2.34. The molecule has 0 aliphatic rings. The highest BCUT2D eigenvalue weighted by Crippen LogP contribution is 2.10. The monoisotopic (exact) mass is 277 g/mol. The Bertz CT molecular complexity index is 561. The van der Waals surface area contributed by atoms with Gasteiger partial charge in [-0.05, 0) is 18.2 Å². The van der Waals surface area contributed by atoms with Crippen LogP contribution in [0.2, 0.25) is 0 Å². The Morgan fingerprint density at radius 3 is 2.65 bits per heavy atom. The summed E-state index contributed by atoms with van der Waals surface area (Å²) in [5.41, 5.74) is 5.83. The Morgan fingerprint density at radius 1 is 1.30 bits per heavy atom. The average molecular weight is 277 g/mol. The molecule has 20 heavy (non-hydrogen) atoms. The Hall–Kier alpha value is -2.39. The van der Waals surface area contributed by atoms with Crippen molar-refractivity contribution in [2.45, 2.75) is 6.92 Å². The molecule has 6 heteroatoms. The fraction of sp³-hybridized carbons (Fsp3) is 0.286. The summed E-state index contributed by atoms with van der Waals surface area (Å²) in [4.78, 5) is 22.6. The smallest absolute Gasteiger partial charge is 0.252 e. The van der Waals surface area contributed by atoms with Gasteiger partial charge in [-0.25, -0.2) is 4.39 Å². The molecule has 0 heterocycles. The van der Waals surface area contributed by atoms with E-state index < -0.39 is 11.7 Å². The standard InChI is InChI=1S/C14H16FN3O2/c1-10(19)17-7-8-18-14(20)13-9-12(15)5-4-11(13)3-2-6-16/h4-5,9H,6-8,16H2,1H3,(H,17,19)(H,18,20). The van der Waals surface area contributed by atoms with Crippen LogP contribution in [0, 0.1) is 17.7 Å². The van der Waals surface area contributed by atoms with E-state index in [4.69, 9.17) is 5.73 Å². The van der Waals surface area contributed by atoms with Crippen LogP contribution in [0.1, 0.15) is 22.8 Å². The summed E-state index contributed by atoms with van der Waals surface area (Å²) in [7, 11) is 0. The van der Waals surface area contributed by atoms with Crippen LogP contribution < -0.4 is 16.4 Å². The molecule has 0 saturated carbocycles. The summed E-state index contributed by atoms with van der Waals surface area (Å²) in [6.07, 6.45) is 0. The van der Waals surface area contributed by atoms with Crippen molar-refractivity contribution >= 4 is 11.8 Å². The summed E-state index contributed by atoms with van der Waals surface area (Å²) in [5, 5.41) is 5.12. The SMILES string of the molecule is CC(=O)NCCNC(=O)c1cc(F)ccc1C#CCN. The minimum absolute atomic E-state index is 0.147. The number of carbonyl (C=O) groups is 2. The molecule has 0 fully saturated rings. The minimum Gasteiger partial charge on any atom is -0.355 e. The highest BCUT2D eigenvalue weighted by molar-refractivity contribution is 5.96. The van der Waals surface area contributed by atoms with Gasteiger partial charge in [-0.3, -0.25) is 9.59 Å². The van der Waals surface area contributed by atoms with Gasteiger partial charge < -0.3 is 16.4 Å². The molecule has 0 bridgehead atoms. The van der Waals surface area contributed by atoms with Crippen molar-refractivity contribution in [1.29, 1.82) is 0 Å². The van der Waals surface area contributed by atoms with Crippen molar-refractivity contribution in [2.75, 3.05) is 19.6 Å². The summed E-state index contributed by atoms with van der Waals surface area (Å²) < 4.78 is 13.2. The number of amides is 2. The molecule has 0 radical (unpaired) electrons. The molecule has 0 aromatic heterocycles. The Morgan fingerprint density at radius 2 is 2.00 bits per heavy atom. The van der Waals surface area contributed by atoms with Crippen LogP contribution in [0.4, 0.5) is 4.39 Å². The first-order chi connectivity index (χ1) is 9.54. The van der Waals surface area contributed by atoms with Gasteiger partial charge in [0, 0.05) is 25.6 Å². The van der Waals surface area contributed by atoms with Crippen molar-refractivity contribution in [2.24, 2.45) is 5.73 Å². The topological polar surface area (TPSA) is 84.2 Å². The Labute approximate surface area is 116 Å². The van der Waals surface area contributed by atoms with Crippen LogP contribution in [0.15, 0.2) is 18.2 Å². The average Bonchev–Trinajstić information content (AvgIpc) is 2.41. The molecular formula is C14H16FN3O2. The van der Waals surface area contributed by atoms with Gasteiger partial charge in [0.25, 0.3) is 5.91 Å². The molecule has 1 aromatic carbocycles. The number of nitrogens with two attached hydrogens (primary N) is 1. The molecule has 1 rings (SSSR count). The number of rotatable bonds is 4. The number of benzene rings is 1. The lowest BCUT2D eigenvalue weighted by atomic mass is 10.1. The first-order valence-electron chi connectivity index (χ1n) is 6.05. The van der Waals surface area contributed by atoms with E-state index >= 15 is 0 Å². The van der Waals surface area contributed by atoms with E-state index in [0.29, 0.717) is 12.1 Å². The van der Waals surface area contributed by atoms with Gasteiger partial charge in [-0.2, -0.15) is 0 Å². The van der Waals surface area contributed by atoms with E-state index in [1.165, 1.54) is 19.1 Å². The van der Waals surface area contributed by atoms with E-state index in [1.54, 1.807) is 0 Å². The van der Waals surface area contributed by atoms with Crippen LogP contribution in [0.25, 0.3) is 0 Å². The Kier molecular flexibility index (Phi) is 6.20. The summed E-state index contributed by atoms with van der Waals surface area (Å²) in [5.74, 6) is 4.19. The predicted octanol–water partition coefficient (Wildman–Crippen LogP) is 0.00180. The lowest BCUT2D eigenvalue weighted by Gasteiger charge is -2.07. The van der Waals surface area contributed by atoms with Crippen molar-refractivity contribution in [3.05, 3.63) is 35.1 Å². The second-order valence-corrected chi connectivity index (χ2v) is 3.93. The predicted molar refractivity (Wildman–Crippen MR) is 73.3 cm³/mol. The molecule has 1 aromatic rings. The highest BCUT2D eigenvalue weighted by Gasteiger charge is 2.11. The zero-order chi connectivity index (χ0) is 15.0. The number of hydrogen-bond donors (Lipinski definition) is 3. The quantitative estimate of drug-likeness (QED) is 0.535. The van der Waals surface area contributed by atoms with Gasteiger partial charge in [-0.1, -0.05) is 11.8 Å². The van der Waals surface area contributed by atoms with Crippen molar-refractivity contribution in [3.63, 3.8) is 0 Å². The first-order valence-corrected chi connectivity index (χ1v) is 6.05. The lowest BCUT2D eigenvalue weighted by molar-refractivity contribution is -0.118. The van der Waals surface area contributed by atoms with E-state index in [0.717, 1.165) is 6.07 Å². The molecule has 4 N–H and O–H groups in total. The van der Waals surface area contributed by atoms with Gasteiger partial charge in [0.2, 0.25) is 5.91 Å². The third kappa shape index (κ3) is 5.08. The van der Waals surface area contributed by atoms with Crippen LogP contribution in [0.5, 0.6) is 0 Å². The fourth-order valence-corrected chi connectivity index (χ4v) is 1.47. The van der Waals surface area contributed by atoms with Crippen molar-refractivity contribution < 1.29 is 14.0 Å². The molecule has 106 valence electrons. The molecule has 0 unspecified atom stereocenters. The van der Waals surface area contributed by atoms with Gasteiger partial charge >= 0.3 is 0 Å². The van der Waals surface area contributed by atoms with E-state index in [1.807, 2.05) is 0 Å². The number of carbonyl (C=O) groups excluding carboxylic acids is 2. The van der Waals surface area contributed by atoms with Gasteiger partial charge in [0.1, 0.15) is 5.82 Å². The fourth-order valence-electron chi connectivity index (χ4n) is 1.47. The maximum atomic E-state index is 13.2.